The number of rotatable bonds is 2. The van der Waals surface area contributed by atoms with E-state index in [1.165, 1.54) is 31.5 Å². The van der Waals surface area contributed by atoms with Crippen LogP contribution in [-0.2, 0) is 10.1 Å². The molecule has 0 aromatic heterocycles. The van der Waals surface area contributed by atoms with E-state index in [0.717, 1.165) is 12.1 Å². The zero-order chi connectivity index (χ0) is 15.2. The number of likely N-dealkylation sites (tertiary alicyclic amines) is 1. The van der Waals surface area contributed by atoms with Crippen LogP contribution in [0.5, 0.6) is 0 Å². The maximum atomic E-state index is 10.5. The smallest absolute Gasteiger partial charge is 0.294 e. The van der Waals surface area contributed by atoms with Gasteiger partial charge in [0.05, 0.1) is 4.90 Å². The number of aliphatic hydroxyl groups excluding tert-OH is 1. The molecular weight excluding hydrogens is 278 g/mol. The number of hydrogen-bond acceptors (Lipinski definition) is 4. The van der Waals surface area contributed by atoms with E-state index in [2.05, 4.69) is 11.9 Å². The average Bonchev–Trinajstić information content (AvgIpc) is 2.39. The van der Waals surface area contributed by atoms with E-state index in [0.29, 0.717) is 12.5 Å². The first-order valence-corrected chi connectivity index (χ1v) is 8.10. The fourth-order valence-corrected chi connectivity index (χ4v) is 2.61. The SMILES string of the molecule is CN1CCCC(CO)C1.Cc1ccc(S(=O)(=O)O)cc1. The predicted octanol–water partition coefficient (Wildman–Crippen LogP) is 1.56. The minimum absolute atomic E-state index is 0.0666. The highest BCUT2D eigenvalue weighted by molar-refractivity contribution is 7.85. The van der Waals surface area contributed by atoms with Crippen molar-refractivity contribution in [2.45, 2.75) is 24.7 Å². The first-order valence-electron chi connectivity index (χ1n) is 6.66. The molecule has 20 heavy (non-hydrogen) atoms. The summed E-state index contributed by atoms with van der Waals surface area (Å²) in [7, 11) is -1.91. The van der Waals surface area contributed by atoms with Crippen molar-refractivity contribution < 1.29 is 18.1 Å². The van der Waals surface area contributed by atoms with E-state index in [-0.39, 0.29) is 4.90 Å². The molecule has 1 heterocycles. The summed E-state index contributed by atoms with van der Waals surface area (Å²) in [6, 6.07) is 5.99. The van der Waals surface area contributed by atoms with Crippen molar-refractivity contribution in [2.24, 2.45) is 5.92 Å². The maximum absolute atomic E-state index is 10.5. The van der Waals surface area contributed by atoms with E-state index in [4.69, 9.17) is 9.66 Å². The third-order valence-corrected chi connectivity index (χ3v) is 4.17. The summed E-state index contributed by atoms with van der Waals surface area (Å²) >= 11 is 0. The Hall–Kier alpha value is -0.950. The molecule has 1 atom stereocenters. The highest BCUT2D eigenvalue weighted by Gasteiger charge is 2.15. The van der Waals surface area contributed by atoms with Gasteiger partial charge in [-0.1, -0.05) is 17.7 Å². The largest absolute Gasteiger partial charge is 0.396 e. The number of aliphatic hydroxyl groups is 1. The zero-order valence-electron chi connectivity index (χ0n) is 12.0. The summed E-state index contributed by atoms with van der Waals surface area (Å²) in [5, 5.41) is 8.78. The van der Waals surface area contributed by atoms with E-state index in [1.807, 2.05) is 6.92 Å². The molecule has 114 valence electrons. The number of piperidine rings is 1. The van der Waals surface area contributed by atoms with Crippen molar-refractivity contribution in [3.63, 3.8) is 0 Å². The van der Waals surface area contributed by atoms with Gasteiger partial charge in [0.15, 0.2) is 0 Å². The Balaban J connectivity index is 0.000000204. The molecule has 1 saturated heterocycles. The summed E-state index contributed by atoms with van der Waals surface area (Å²) in [4.78, 5) is 2.22. The van der Waals surface area contributed by atoms with Crippen molar-refractivity contribution in [1.82, 2.24) is 4.90 Å². The van der Waals surface area contributed by atoms with Crippen molar-refractivity contribution in [2.75, 3.05) is 26.7 Å². The van der Waals surface area contributed by atoms with Gasteiger partial charge >= 0.3 is 0 Å². The first-order chi connectivity index (χ1) is 9.32. The second-order valence-corrected chi connectivity index (χ2v) is 6.66. The fraction of sp³-hybridized carbons (Fsp3) is 0.571. The molecule has 1 aromatic rings. The molecule has 0 saturated carbocycles. The van der Waals surface area contributed by atoms with Gasteiger partial charge in [-0.2, -0.15) is 8.42 Å². The monoisotopic (exact) mass is 301 g/mol. The molecule has 0 aliphatic carbocycles. The Morgan fingerprint density at radius 1 is 1.30 bits per heavy atom. The summed E-state index contributed by atoms with van der Waals surface area (Å²) in [5.74, 6) is 0.545. The molecule has 2 N–H and O–H groups in total. The van der Waals surface area contributed by atoms with Crippen LogP contribution in [0.25, 0.3) is 0 Å². The maximum Gasteiger partial charge on any atom is 0.294 e. The van der Waals surface area contributed by atoms with Crippen LogP contribution in [0.3, 0.4) is 0 Å². The van der Waals surface area contributed by atoms with Crippen LogP contribution in [0.4, 0.5) is 0 Å². The molecule has 1 fully saturated rings. The van der Waals surface area contributed by atoms with Gasteiger partial charge in [-0.3, -0.25) is 4.55 Å². The lowest BCUT2D eigenvalue weighted by molar-refractivity contribution is 0.138. The highest BCUT2D eigenvalue weighted by atomic mass is 32.2. The minimum Gasteiger partial charge on any atom is -0.396 e. The van der Waals surface area contributed by atoms with Crippen LogP contribution in [0.2, 0.25) is 0 Å². The van der Waals surface area contributed by atoms with Gasteiger partial charge in [-0.15, -0.1) is 0 Å². The van der Waals surface area contributed by atoms with Crippen LogP contribution in [0.1, 0.15) is 18.4 Å². The molecule has 1 aromatic carbocycles. The van der Waals surface area contributed by atoms with Gasteiger partial charge in [0, 0.05) is 13.2 Å². The number of nitrogens with zero attached hydrogens (tertiary/aromatic N) is 1. The summed E-state index contributed by atoms with van der Waals surface area (Å²) in [6.45, 7) is 4.49. The molecular formula is C14H23NO4S. The lowest BCUT2D eigenvalue weighted by atomic mass is 10.00. The van der Waals surface area contributed by atoms with Crippen molar-refractivity contribution in [1.29, 1.82) is 0 Å². The molecule has 1 aliphatic rings. The van der Waals surface area contributed by atoms with E-state index in [9.17, 15) is 8.42 Å². The van der Waals surface area contributed by atoms with E-state index in [1.54, 1.807) is 12.1 Å². The van der Waals surface area contributed by atoms with Crippen LogP contribution in [0.15, 0.2) is 29.2 Å². The number of benzene rings is 1. The second kappa shape index (κ2) is 7.73. The Labute approximate surface area is 121 Å². The normalized spacial score (nSPS) is 20.1. The average molecular weight is 301 g/mol. The molecule has 1 unspecified atom stereocenters. The van der Waals surface area contributed by atoms with Crippen LogP contribution in [-0.4, -0.2) is 49.7 Å². The molecule has 5 nitrogen and oxygen atoms in total. The predicted molar refractivity (Wildman–Crippen MR) is 78.3 cm³/mol. The van der Waals surface area contributed by atoms with Gasteiger partial charge < -0.3 is 10.0 Å². The van der Waals surface area contributed by atoms with Gasteiger partial charge in [-0.05, 0) is 51.4 Å². The van der Waals surface area contributed by atoms with Crippen LogP contribution in [0, 0.1) is 12.8 Å². The number of aryl methyl sites for hydroxylation is 1. The Morgan fingerprint density at radius 3 is 2.30 bits per heavy atom. The van der Waals surface area contributed by atoms with Gasteiger partial charge in [-0.25, -0.2) is 0 Å². The molecule has 2 rings (SSSR count). The van der Waals surface area contributed by atoms with Crippen molar-refractivity contribution in [3.05, 3.63) is 29.8 Å². The molecule has 0 bridgehead atoms. The Kier molecular flexibility index (Phi) is 6.61. The summed E-state index contributed by atoms with van der Waals surface area (Å²) in [5.41, 5.74) is 0.956. The van der Waals surface area contributed by atoms with E-state index >= 15 is 0 Å². The summed E-state index contributed by atoms with van der Waals surface area (Å²) in [6.07, 6.45) is 2.46. The summed E-state index contributed by atoms with van der Waals surface area (Å²) < 4.78 is 29.6. The fourth-order valence-electron chi connectivity index (χ4n) is 2.13. The minimum atomic E-state index is -4.02. The Bertz CT molecular complexity index is 498. The van der Waals surface area contributed by atoms with E-state index < -0.39 is 10.1 Å². The topological polar surface area (TPSA) is 77.8 Å². The van der Waals surface area contributed by atoms with Crippen LogP contribution >= 0.6 is 0 Å². The molecule has 1 aliphatic heterocycles. The molecule has 0 amide bonds. The lowest BCUT2D eigenvalue weighted by Crippen LogP contribution is -2.33. The number of hydrogen-bond donors (Lipinski definition) is 2. The van der Waals surface area contributed by atoms with Crippen LogP contribution < -0.4 is 0 Å². The highest BCUT2D eigenvalue weighted by Crippen LogP contribution is 2.13. The standard InChI is InChI=1S/C7H15NO.C7H8O3S/c1-8-4-2-3-7(5-8)6-9;1-6-2-4-7(5-3-6)11(8,9)10/h7,9H,2-6H2,1H3;2-5H,1H3,(H,8,9,10). The molecule has 6 heteroatoms. The third kappa shape index (κ3) is 6.00. The van der Waals surface area contributed by atoms with Crippen molar-refractivity contribution in [3.8, 4) is 0 Å². The quantitative estimate of drug-likeness (QED) is 0.811. The zero-order valence-corrected chi connectivity index (χ0v) is 12.8. The van der Waals surface area contributed by atoms with Gasteiger partial charge in [0.25, 0.3) is 10.1 Å². The third-order valence-electron chi connectivity index (χ3n) is 3.30. The molecule has 0 spiro atoms. The van der Waals surface area contributed by atoms with Gasteiger partial charge in [0.2, 0.25) is 0 Å². The lowest BCUT2D eigenvalue weighted by Gasteiger charge is -2.27. The molecule has 0 radical (unpaired) electrons. The Morgan fingerprint density at radius 2 is 1.90 bits per heavy atom. The van der Waals surface area contributed by atoms with Crippen molar-refractivity contribution >= 4 is 10.1 Å². The second-order valence-electron chi connectivity index (χ2n) is 5.24. The first kappa shape index (κ1) is 17.1. The van der Waals surface area contributed by atoms with Gasteiger partial charge in [0.1, 0.15) is 0 Å².